The molecular formula is C18H19ClN2O4. The molecule has 1 aromatic heterocycles. The fourth-order valence-corrected chi connectivity index (χ4v) is 2.38. The zero-order chi connectivity index (χ0) is 18.1. The molecule has 25 heavy (non-hydrogen) atoms. The maximum atomic E-state index is 12.2. The van der Waals surface area contributed by atoms with Crippen molar-refractivity contribution in [1.82, 2.24) is 9.97 Å². The van der Waals surface area contributed by atoms with Gasteiger partial charge in [0.15, 0.2) is 0 Å². The number of benzene rings is 1. The molecule has 0 saturated heterocycles. The first-order valence-electron chi connectivity index (χ1n) is 7.93. The van der Waals surface area contributed by atoms with E-state index < -0.39 is 17.9 Å². The molecule has 0 saturated carbocycles. The maximum Gasteiger partial charge on any atom is 0.315 e. The van der Waals surface area contributed by atoms with Gasteiger partial charge in [-0.1, -0.05) is 41.9 Å². The van der Waals surface area contributed by atoms with Gasteiger partial charge in [-0.15, -0.1) is 0 Å². The van der Waals surface area contributed by atoms with Crippen molar-refractivity contribution >= 4 is 23.5 Å². The highest BCUT2D eigenvalue weighted by molar-refractivity contribution is 6.29. The minimum absolute atomic E-state index is 0.0600. The van der Waals surface area contributed by atoms with Gasteiger partial charge in [-0.2, -0.15) is 0 Å². The van der Waals surface area contributed by atoms with Crippen LogP contribution < -0.4 is 0 Å². The van der Waals surface area contributed by atoms with E-state index in [2.05, 4.69) is 9.97 Å². The second-order valence-corrected chi connectivity index (χ2v) is 5.64. The smallest absolute Gasteiger partial charge is 0.315 e. The van der Waals surface area contributed by atoms with Crippen LogP contribution in [-0.4, -0.2) is 28.5 Å². The number of halogens is 1. The van der Waals surface area contributed by atoms with Crippen LogP contribution in [0.1, 0.15) is 36.9 Å². The number of carbonyl (C=O) groups excluding carboxylic acids is 2. The molecule has 0 aliphatic heterocycles. The van der Waals surface area contributed by atoms with Crippen LogP contribution in [0.4, 0.5) is 0 Å². The summed E-state index contributed by atoms with van der Waals surface area (Å²) in [6, 6.07) is 9.38. The predicted octanol–water partition coefficient (Wildman–Crippen LogP) is 3.30. The van der Waals surface area contributed by atoms with Gasteiger partial charge in [-0.25, -0.2) is 4.98 Å². The Labute approximate surface area is 151 Å². The van der Waals surface area contributed by atoms with Gasteiger partial charge < -0.3 is 9.47 Å². The van der Waals surface area contributed by atoms with Gasteiger partial charge in [0, 0.05) is 12.6 Å². The molecule has 7 heteroatoms. The van der Waals surface area contributed by atoms with Crippen LogP contribution in [-0.2, 0) is 25.7 Å². The molecule has 132 valence electrons. The summed E-state index contributed by atoms with van der Waals surface area (Å²) in [7, 11) is 0. The highest BCUT2D eigenvalue weighted by Crippen LogP contribution is 2.22. The number of aromatic nitrogens is 2. The molecule has 2 aromatic rings. The average molecular weight is 363 g/mol. The molecule has 1 heterocycles. The van der Waals surface area contributed by atoms with E-state index in [1.807, 2.05) is 30.3 Å². The van der Waals surface area contributed by atoms with Crippen molar-refractivity contribution in [2.75, 3.05) is 6.61 Å². The zero-order valence-electron chi connectivity index (χ0n) is 13.9. The summed E-state index contributed by atoms with van der Waals surface area (Å²) in [6.45, 7) is 2.15. The predicted molar refractivity (Wildman–Crippen MR) is 91.9 cm³/mol. The lowest BCUT2D eigenvalue weighted by molar-refractivity contribution is -0.147. The Kier molecular flexibility index (Phi) is 7.35. The van der Waals surface area contributed by atoms with E-state index >= 15 is 0 Å². The van der Waals surface area contributed by atoms with Gasteiger partial charge in [0.2, 0.25) is 0 Å². The average Bonchev–Trinajstić information content (AvgIpc) is 2.61. The van der Waals surface area contributed by atoms with Crippen molar-refractivity contribution in [1.29, 1.82) is 0 Å². The number of ether oxygens (including phenoxy) is 2. The van der Waals surface area contributed by atoms with Crippen molar-refractivity contribution < 1.29 is 19.1 Å². The van der Waals surface area contributed by atoms with Crippen molar-refractivity contribution in [2.45, 2.75) is 32.3 Å². The molecule has 0 radical (unpaired) electrons. The first-order valence-corrected chi connectivity index (χ1v) is 8.31. The highest BCUT2D eigenvalue weighted by atomic mass is 35.5. The van der Waals surface area contributed by atoms with Crippen LogP contribution in [0.5, 0.6) is 0 Å². The van der Waals surface area contributed by atoms with E-state index in [-0.39, 0.29) is 31.2 Å². The second kappa shape index (κ2) is 9.74. The van der Waals surface area contributed by atoms with Crippen LogP contribution in [0.15, 0.2) is 42.7 Å². The Hall–Kier alpha value is -2.47. The summed E-state index contributed by atoms with van der Waals surface area (Å²) < 4.78 is 10.3. The molecule has 0 amide bonds. The van der Waals surface area contributed by atoms with Crippen molar-refractivity contribution in [3.05, 3.63) is 59.1 Å². The van der Waals surface area contributed by atoms with Gasteiger partial charge in [0.05, 0.1) is 18.5 Å². The molecule has 0 aliphatic rings. The summed E-state index contributed by atoms with van der Waals surface area (Å²) in [5.41, 5.74) is 1.28. The van der Waals surface area contributed by atoms with Gasteiger partial charge >= 0.3 is 11.9 Å². The first-order chi connectivity index (χ1) is 12.1. The Morgan fingerprint density at radius 1 is 1.16 bits per heavy atom. The number of carbonyl (C=O) groups is 2. The van der Waals surface area contributed by atoms with Gasteiger partial charge in [-0.05, 0) is 18.9 Å². The lowest BCUT2D eigenvalue weighted by atomic mass is 10.00. The van der Waals surface area contributed by atoms with Gasteiger partial charge in [-0.3, -0.25) is 14.6 Å². The Balaban J connectivity index is 1.94. The maximum absolute atomic E-state index is 12.2. The van der Waals surface area contributed by atoms with Crippen molar-refractivity contribution in [2.24, 2.45) is 0 Å². The Morgan fingerprint density at radius 2 is 1.92 bits per heavy atom. The van der Waals surface area contributed by atoms with Gasteiger partial charge in [0.25, 0.3) is 0 Å². The summed E-state index contributed by atoms with van der Waals surface area (Å²) in [5, 5.41) is 0.179. The molecule has 0 N–H and O–H groups in total. The lowest BCUT2D eigenvalue weighted by Gasteiger charge is -2.14. The van der Waals surface area contributed by atoms with Gasteiger partial charge in [0.1, 0.15) is 17.7 Å². The molecule has 0 spiro atoms. The summed E-state index contributed by atoms with van der Waals surface area (Å²) >= 11 is 5.83. The zero-order valence-corrected chi connectivity index (χ0v) is 14.6. The number of nitrogens with zero attached hydrogens (tertiary/aromatic N) is 2. The largest absolute Gasteiger partial charge is 0.465 e. The topological polar surface area (TPSA) is 78.4 Å². The minimum atomic E-state index is -0.713. The van der Waals surface area contributed by atoms with Crippen LogP contribution in [0.2, 0.25) is 5.15 Å². The van der Waals surface area contributed by atoms with Crippen LogP contribution >= 0.6 is 11.6 Å². The third-order valence-electron chi connectivity index (χ3n) is 3.43. The molecule has 0 fully saturated rings. The third-order valence-corrected chi connectivity index (χ3v) is 3.61. The third kappa shape index (κ3) is 6.15. The highest BCUT2D eigenvalue weighted by Gasteiger charge is 2.25. The molecule has 1 aromatic carbocycles. The SMILES string of the molecule is CCOC(=O)C(CCC(=O)OCc1ccccc1)c1cncc(Cl)n1. The molecule has 0 aliphatic carbocycles. The monoisotopic (exact) mass is 362 g/mol. The molecule has 6 nitrogen and oxygen atoms in total. The molecule has 1 unspecified atom stereocenters. The minimum Gasteiger partial charge on any atom is -0.465 e. The first kappa shape index (κ1) is 18.9. The van der Waals surface area contributed by atoms with E-state index in [1.54, 1.807) is 6.92 Å². The molecule has 1 atom stereocenters. The van der Waals surface area contributed by atoms with E-state index in [9.17, 15) is 9.59 Å². The van der Waals surface area contributed by atoms with Crippen molar-refractivity contribution in [3.63, 3.8) is 0 Å². The normalized spacial score (nSPS) is 11.6. The van der Waals surface area contributed by atoms with E-state index in [4.69, 9.17) is 21.1 Å². The molecule has 2 rings (SSSR count). The summed E-state index contributed by atoms with van der Waals surface area (Å²) in [6.07, 6.45) is 3.09. The summed E-state index contributed by atoms with van der Waals surface area (Å²) in [5.74, 6) is -1.57. The number of rotatable bonds is 8. The lowest BCUT2D eigenvalue weighted by Crippen LogP contribution is -2.19. The van der Waals surface area contributed by atoms with E-state index in [0.717, 1.165) is 5.56 Å². The fourth-order valence-electron chi connectivity index (χ4n) is 2.23. The fraction of sp³-hybridized carbons (Fsp3) is 0.333. The quantitative estimate of drug-likeness (QED) is 0.670. The van der Waals surface area contributed by atoms with E-state index in [0.29, 0.717) is 5.69 Å². The summed E-state index contributed by atoms with van der Waals surface area (Å²) in [4.78, 5) is 32.2. The Bertz CT molecular complexity index is 709. The van der Waals surface area contributed by atoms with Crippen molar-refractivity contribution in [3.8, 4) is 0 Å². The molecular weight excluding hydrogens is 344 g/mol. The van der Waals surface area contributed by atoms with Crippen LogP contribution in [0, 0.1) is 0 Å². The Morgan fingerprint density at radius 3 is 2.60 bits per heavy atom. The second-order valence-electron chi connectivity index (χ2n) is 5.26. The number of hydrogen-bond acceptors (Lipinski definition) is 6. The number of esters is 2. The van der Waals surface area contributed by atoms with Crippen LogP contribution in [0.25, 0.3) is 0 Å². The standard InChI is InChI=1S/C18H19ClN2O4/c1-2-24-18(23)14(15-10-20-11-16(19)21-15)8-9-17(22)25-12-13-6-4-3-5-7-13/h3-7,10-11,14H,2,8-9,12H2,1H3. The van der Waals surface area contributed by atoms with E-state index in [1.165, 1.54) is 12.4 Å². The molecule has 0 bridgehead atoms. The number of hydrogen-bond donors (Lipinski definition) is 0. The van der Waals surface area contributed by atoms with Crippen LogP contribution in [0.3, 0.4) is 0 Å².